The highest BCUT2D eigenvalue weighted by atomic mass is 32.2. The van der Waals surface area contributed by atoms with Gasteiger partial charge in [-0.05, 0) is 30.7 Å². The molecular weight excluding hydrogens is 298 g/mol. The quantitative estimate of drug-likeness (QED) is 0.655. The fourth-order valence-electron chi connectivity index (χ4n) is 1.47. The molecule has 0 aliphatic carbocycles. The lowest BCUT2D eigenvalue weighted by molar-refractivity contribution is -0.144. The number of aliphatic carboxylic acids is 1. The first kappa shape index (κ1) is 14.5. The van der Waals surface area contributed by atoms with Crippen molar-refractivity contribution in [3.05, 3.63) is 34.7 Å². The highest BCUT2D eigenvalue weighted by Gasteiger charge is 2.21. The van der Waals surface area contributed by atoms with E-state index in [1.807, 2.05) is 0 Å². The van der Waals surface area contributed by atoms with Gasteiger partial charge in [-0.25, -0.2) is 4.79 Å². The van der Waals surface area contributed by atoms with Crippen LogP contribution >= 0.6 is 24.0 Å². The van der Waals surface area contributed by atoms with Gasteiger partial charge >= 0.3 is 5.97 Å². The van der Waals surface area contributed by atoms with Gasteiger partial charge in [0.2, 0.25) is 0 Å². The maximum Gasteiger partial charge on any atom is 0.344 e. The number of rotatable bonds is 4. The number of amides is 1. The molecule has 1 atom stereocenters. The molecule has 2 rings (SSSR count). The number of hydrogen-bond acceptors (Lipinski definition) is 5. The molecule has 1 aromatic rings. The molecule has 0 radical (unpaired) electrons. The molecule has 0 aromatic heterocycles. The average molecular weight is 309 g/mol. The topological polar surface area (TPSA) is 75.6 Å². The maximum atomic E-state index is 11.5. The number of hydrogen-bond donors (Lipinski definition) is 2. The minimum atomic E-state index is -1.02. The molecule has 2 N–H and O–H groups in total. The third kappa shape index (κ3) is 3.58. The molecule has 1 aromatic carbocycles. The second-order valence-electron chi connectivity index (χ2n) is 4.02. The molecule has 1 fully saturated rings. The van der Waals surface area contributed by atoms with Crippen LogP contribution in [-0.4, -0.2) is 27.4 Å². The average Bonchev–Trinajstić information content (AvgIpc) is 2.70. The number of ether oxygens (including phenoxy) is 1. The van der Waals surface area contributed by atoms with Crippen molar-refractivity contribution < 1.29 is 19.4 Å². The summed E-state index contributed by atoms with van der Waals surface area (Å²) in [5.41, 5.74) is 0.808. The molecule has 1 saturated heterocycles. The van der Waals surface area contributed by atoms with Crippen LogP contribution in [0.15, 0.2) is 29.2 Å². The number of carbonyl (C=O) groups is 2. The Labute approximate surface area is 125 Å². The smallest absolute Gasteiger partial charge is 0.344 e. The van der Waals surface area contributed by atoms with E-state index in [2.05, 4.69) is 5.32 Å². The monoisotopic (exact) mass is 309 g/mol. The number of nitrogens with one attached hydrogen (secondary N) is 1. The van der Waals surface area contributed by atoms with E-state index in [4.69, 9.17) is 22.1 Å². The second-order valence-corrected chi connectivity index (χ2v) is 5.74. The molecule has 1 aliphatic heterocycles. The Kier molecular flexibility index (Phi) is 4.41. The number of thioether (sulfide) groups is 1. The lowest BCUT2D eigenvalue weighted by Crippen LogP contribution is -2.22. The summed E-state index contributed by atoms with van der Waals surface area (Å²) in [7, 11) is 0. The largest absolute Gasteiger partial charge is 0.479 e. The van der Waals surface area contributed by atoms with Crippen LogP contribution in [-0.2, 0) is 9.59 Å². The van der Waals surface area contributed by atoms with Crippen LogP contribution in [0.3, 0.4) is 0 Å². The van der Waals surface area contributed by atoms with Gasteiger partial charge in [0, 0.05) is 0 Å². The summed E-state index contributed by atoms with van der Waals surface area (Å²) in [5, 5.41) is 11.3. The van der Waals surface area contributed by atoms with Crippen molar-refractivity contribution in [3.63, 3.8) is 0 Å². The van der Waals surface area contributed by atoms with Crippen molar-refractivity contribution in [2.24, 2.45) is 0 Å². The molecule has 104 valence electrons. The van der Waals surface area contributed by atoms with E-state index in [-0.39, 0.29) is 5.91 Å². The van der Waals surface area contributed by atoms with Crippen LogP contribution in [0.25, 0.3) is 6.08 Å². The predicted octanol–water partition coefficient (Wildman–Crippen LogP) is 2.03. The fraction of sp³-hybridized carbons (Fsp3) is 0.154. The van der Waals surface area contributed by atoms with E-state index in [1.165, 1.54) is 18.7 Å². The molecule has 1 aliphatic rings. The Balaban J connectivity index is 2.09. The highest BCUT2D eigenvalue weighted by Crippen LogP contribution is 2.26. The van der Waals surface area contributed by atoms with Gasteiger partial charge in [0.1, 0.15) is 10.1 Å². The van der Waals surface area contributed by atoms with Crippen molar-refractivity contribution in [1.82, 2.24) is 5.32 Å². The molecule has 0 unspecified atom stereocenters. The fourth-order valence-corrected chi connectivity index (χ4v) is 2.51. The number of benzene rings is 1. The normalized spacial score (nSPS) is 17.9. The van der Waals surface area contributed by atoms with Crippen LogP contribution < -0.4 is 10.1 Å². The summed E-state index contributed by atoms with van der Waals surface area (Å²) in [6, 6.07) is 6.79. The number of carboxylic acids is 1. The molecule has 0 saturated carbocycles. The number of thiocarbonyl (C=S) groups is 1. The summed E-state index contributed by atoms with van der Waals surface area (Å²) in [4.78, 5) is 22.7. The van der Waals surface area contributed by atoms with Gasteiger partial charge in [0.05, 0.1) is 4.91 Å². The third-order valence-electron chi connectivity index (χ3n) is 2.48. The molecule has 0 bridgehead atoms. The minimum Gasteiger partial charge on any atom is -0.479 e. The Morgan fingerprint density at radius 3 is 2.60 bits per heavy atom. The number of carboxylic acid groups (broad SMARTS) is 1. The Morgan fingerprint density at radius 2 is 2.10 bits per heavy atom. The van der Waals surface area contributed by atoms with Gasteiger partial charge in [-0.15, -0.1) is 0 Å². The third-order valence-corrected chi connectivity index (χ3v) is 3.64. The zero-order chi connectivity index (χ0) is 14.7. The van der Waals surface area contributed by atoms with Crippen LogP contribution in [0.4, 0.5) is 0 Å². The first-order valence-electron chi connectivity index (χ1n) is 5.70. The van der Waals surface area contributed by atoms with E-state index in [0.29, 0.717) is 15.0 Å². The Morgan fingerprint density at radius 1 is 1.45 bits per heavy atom. The zero-order valence-corrected chi connectivity index (χ0v) is 12.1. The molecule has 20 heavy (non-hydrogen) atoms. The first-order chi connectivity index (χ1) is 9.45. The lowest BCUT2D eigenvalue weighted by atomic mass is 10.2. The summed E-state index contributed by atoms with van der Waals surface area (Å²) in [5.74, 6) is -0.773. The molecule has 1 heterocycles. The van der Waals surface area contributed by atoms with E-state index < -0.39 is 12.1 Å². The van der Waals surface area contributed by atoms with Crippen molar-refractivity contribution in [2.75, 3.05) is 0 Å². The zero-order valence-electron chi connectivity index (χ0n) is 10.5. The maximum absolute atomic E-state index is 11.5. The lowest BCUT2D eigenvalue weighted by Gasteiger charge is -2.10. The molecular formula is C13H11NO4S2. The summed E-state index contributed by atoms with van der Waals surface area (Å²) in [6.45, 7) is 1.46. The summed E-state index contributed by atoms with van der Waals surface area (Å²) < 4.78 is 5.65. The predicted molar refractivity (Wildman–Crippen MR) is 80.5 cm³/mol. The molecule has 0 spiro atoms. The van der Waals surface area contributed by atoms with E-state index in [9.17, 15) is 9.59 Å². The van der Waals surface area contributed by atoms with Crippen LogP contribution in [0.2, 0.25) is 0 Å². The van der Waals surface area contributed by atoms with Gasteiger partial charge in [-0.3, -0.25) is 4.79 Å². The van der Waals surface area contributed by atoms with Crippen molar-refractivity contribution in [2.45, 2.75) is 13.0 Å². The SMILES string of the molecule is C[C@H](Oc1ccc(/C=C2/SC(=S)NC2=O)cc1)C(=O)O. The van der Waals surface area contributed by atoms with E-state index in [1.54, 1.807) is 30.3 Å². The van der Waals surface area contributed by atoms with Gasteiger partial charge in [-0.1, -0.05) is 36.1 Å². The van der Waals surface area contributed by atoms with Gasteiger partial charge in [-0.2, -0.15) is 0 Å². The highest BCUT2D eigenvalue weighted by molar-refractivity contribution is 8.26. The number of carbonyl (C=O) groups excluding carboxylic acids is 1. The minimum absolute atomic E-state index is 0.208. The van der Waals surface area contributed by atoms with Gasteiger partial charge in [0.25, 0.3) is 5.91 Å². The molecule has 5 nitrogen and oxygen atoms in total. The van der Waals surface area contributed by atoms with Crippen molar-refractivity contribution >= 4 is 46.3 Å². The molecule has 7 heteroatoms. The molecule has 1 amide bonds. The van der Waals surface area contributed by atoms with Crippen LogP contribution in [0.1, 0.15) is 12.5 Å². The Hall–Kier alpha value is -1.86. The van der Waals surface area contributed by atoms with Crippen LogP contribution in [0.5, 0.6) is 5.75 Å². The summed E-state index contributed by atoms with van der Waals surface area (Å²) in [6.07, 6.45) is 0.803. The Bertz CT molecular complexity index is 595. The van der Waals surface area contributed by atoms with Gasteiger partial charge < -0.3 is 15.2 Å². The first-order valence-corrected chi connectivity index (χ1v) is 6.92. The van der Waals surface area contributed by atoms with Crippen LogP contribution in [0, 0.1) is 0 Å². The second kappa shape index (κ2) is 6.06. The van der Waals surface area contributed by atoms with E-state index in [0.717, 1.165) is 5.56 Å². The van der Waals surface area contributed by atoms with E-state index >= 15 is 0 Å². The standard InChI is InChI=1S/C13H11NO4S2/c1-7(12(16)17)18-9-4-2-8(3-5-9)6-10-11(15)14-13(19)20-10/h2-7H,1H3,(H,16,17)(H,14,15,19)/b10-6+/t7-/m0/s1. The van der Waals surface area contributed by atoms with Crippen molar-refractivity contribution in [1.29, 1.82) is 0 Å². The van der Waals surface area contributed by atoms with Gasteiger partial charge in [0.15, 0.2) is 6.10 Å². The van der Waals surface area contributed by atoms with Crippen molar-refractivity contribution in [3.8, 4) is 5.75 Å². The summed E-state index contributed by atoms with van der Waals surface area (Å²) >= 11 is 6.11.